The second-order valence-corrected chi connectivity index (χ2v) is 8.17. The number of amidine groups is 1. The van der Waals surface area contributed by atoms with E-state index in [2.05, 4.69) is 20.2 Å². The van der Waals surface area contributed by atoms with Crippen molar-refractivity contribution in [2.45, 2.75) is 6.92 Å². The molecule has 0 spiro atoms. The van der Waals surface area contributed by atoms with E-state index in [-0.39, 0.29) is 24.2 Å². The van der Waals surface area contributed by atoms with Crippen LogP contribution >= 0.6 is 22.9 Å². The van der Waals surface area contributed by atoms with Crippen molar-refractivity contribution in [3.8, 4) is 0 Å². The lowest BCUT2D eigenvalue weighted by atomic mass is 10.0. The molecule has 0 saturated carbocycles. The van der Waals surface area contributed by atoms with E-state index in [4.69, 9.17) is 21.4 Å². The van der Waals surface area contributed by atoms with Gasteiger partial charge in [0, 0.05) is 55.0 Å². The lowest BCUT2D eigenvalue weighted by molar-refractivity contribution is -0.138. The van der Waals surface area contributed by atoms with Gasteiger partial charge < -0.3 is 20.0 Å². The average molecular weight is 497 g/mol. The average Bonchev–Trinajstić information content (AvgIpc) is 3.33. The maximum absolute atomic E-state index is 12.1. The minimum atomic E-state index is -0.343. The molecule has 8 nitrogen and oxygen atoms in total. The molecule has 0 bridgehead atoms. The number of aliphatic imine (C=N–C) groups is 1. The zero-order chi connectivity index (χ0) is 24.2. The fourth-order valence-electron chi connectivity index (χ4n) is 3.02. The van der Waals surface area contributed by atoms with Gasteiger partial charge in [0.2, 0.25) is 0 Å². The second kappa shape index (κ2) is 13.8. The smallest absolute Gasteiger partial charge is 0.337 e. The van der Waals surface area contributed by atoms with Crippen molar-refractivity contribution >= 4 is 41.0 Å². The predicted molar refractivity (Wildman–Crippen MR) is 126 cm³/mol. The zero-order valence-corrected chi connectivity index (χ0v) is 19.9. The Morgan fingerprint density at radius 1 is 1.42 bits per heavy atom. The number of nitrogens with one attached hydrogen (secondary N) is 1. The van der Waals surface area contributed by atoms with Gasteiger partial charge in [-0.3, -0.25) is 9.89 Å². The molecule has 3 heterocycles. The summed E-state index contributed by atoms with van der Waals surface area (Å²) < 4.78 is 17.2. The number of aromatic nitrogens is 1. The molecule has 178 valence electrons. The molecule has 1 aromatic heterocycles. The van der Waals surface area contributed by atoms with Crippen molar-refractivity contribution in [3.63, 3.8) is 0 Å². The Bertz CT molecular complexity index is 961. The summed E-state index contributed by atoms with van der Waals surface area (Å²) in [7, 11) is 1.00. The molecule has 1 saturated heterocycles. The first kappa shape index (κ1) is 26.6. The summed E-state index contributed by atoms with van der Waals surface area (Å²) in [6.45, 7) is 4.39. The number of aliphatic hydroxyl groups is 1. The minimum Gasteiger partial charge on any atom is -0.463 e. The summed E-state index contributed by atoms with van der Waals surface area (Å²) in [5.74, 6) is 0.134. The Kier molecular flexibility index (Phi) is 11.1. The van der Waals surface area contributed by atoms with Gasteiger partial charge in [-0.15, -0.1) is 11.3 Å². The molecule has 0 radical (unpaired) electrons. The van der Waals surface area contributed by atoms with Crippen molar-refractivity contribution < 1.29 is 23.8 Å². The number of carbonyl (C=O) groups excluding carboxylic acids is 2. The molecule has 0 aliphatic carbocycles. The highest BCUT2D eigenvalue weighted by molar-refractivity contribution is 7.11. The molecule has 11 heteroatoms. The van der Waals surface area contributed by atoms with Crippen LogP contribution in [0.25, 0.3) is 0 Å². The standard InChI is InChI=1S/C15H18N4O3S.C6H4ClF.CH4O/c1-2-22-15(21)11-5-17-13(14-16-3-4-23-14)18-12(11)8-19-6-10(7-19)9-20;7-5-2-1-3-6(8)4-5;1-2/h3-4,9-10H,2,5-8H2,1H3,(H,17,18);1-4H;2H,1H3. The van der Waals surface area contributed by atoms with Gasteiger partial charge in [-0.05, 0) is 25.1 Å². The maximum Gasteiger partial charge on any atom is 0.337 e. The summed E-state index contributed by atoms with van der Waals surface area (Å²) in [5, 5.41) is 13.3. The first-order chi connectivity index (χ1) is 16.0. The first-order valence-electron chi connectivity index (χ1n) is 10.1. The monoisotopic (exact) mass is 496 g/mol. The van der Waals surface area contributed by atoms with E-state index in [9.17, 15) is 14.0 Å². The highest BCUT2D eigenvalue weighted by Gasteiger charge is 2.30. The molecule has 2 N–H and O–H groups in total. The van der Waals surface area contributed by atoms with Crippen LogP contribution in [0.1, 0.15) is 11.9 Å². The predicted octanol–water partition coefficient (Wildman–Crippen LogP) is 2.53. The molecule has 2 aromatic rings. The van der Waals surface area contributed by atoms with Gasteiger partial charge in [-0.1, -0.05) is 17.7 Å². The Morgan fingerprint density at radius 3 is 2.73 bits per heavy atom. The molecular formula is C22H26ClFN4O4S. The van der Waals surface area contributed by atoms with E-state index in [0.717, 1.165) is 24.1 Å². The Hall–Kier alpha value is -2.66. The Morgan fingerprint density at radius 2 is 2.18 bits per heavy atom. The summed E-state index contributed by atoms with van der Waals surface area (Å²) in [6, 6.07) is 5.82. The zero-order valence-electron chi connectivity index (χ0n) is 18.3. The van der Waals surface area contributed by atoms with E-state index in [1.165, 1.54) is 23.5 Å². The number of likely N-dealkylation sites (tertiary alicyclic amines) is 1. The van der Waals surface area contributed by atoms with Gasteiger partial charge in [0.05, 0.1) is 18.7 Å². The number of aliphatic hydroxyl groups excluding tert-OH is 1. The SMILES string of the molecule is CCOC(=O)C1=C(CN2CC(C=O)C2)NC(c2nccs2)=NC1.CO.Fc1cccc(Cl)c1. The molecule has 2 aliphatic heterocycles. The second-order valence-electron chi connectivity index (χ2n) is 6.83. The van der Waals surface area contributed by atoms with Gasteiger partial charge >= 0.3 is 5.97 Å². The minimum absolute atomic E-state index is 0.0948. The first-order valence-corrected chi connectivity index (χ1v) is 11.4. The summed E-state index contributed by atoms with van der Waals surface area (Å²) in [6.07, 6.45) is 2.70. The molecule has 0 atom stereocenters. The molecule has 33 heavy (non-hydrogen) atoms. The van der Waals surface area contributed by atoms with Gasteiger partial charge in [0.1, 0.15) is 12.1 Å². The summed E-state index contributed by atoms with van der Waals surface area (Å²) >= 11 is 6.90. The Balaban J connectivity index is 0.000000323. The van der Waals surface area contributed by atoms with E-state index in [1.54, 1.807) is 25.3 Å². The van der Waals surface area contributed by atoms with E-state index >= 15 is 0 Å². The van der Waals surface area contributed by atoms with Crippen molar-refractivity contribution in [2.75, 3.05) is 39.9 Å². The van der Waals surface area contributed by atoms with Gasteiger partial charge in [0.25, 0.3) is 0 Å². The van der Waals surface area contributed by atoms with Crippen molar-refractivity contribution in [3.05, 3.63) is 63.0 Å². The molecular weight excluding hydrogens is 471 g/mol. The topological polar surface area (TPSA) is 104 Å². The van der Waals surface area contributed by atoms with Crippen LogP contribution in [0.5, 0.6) is 0 Å². The number of hydrogen-bond donors (Lipinski definition) is 2. The maximum atomic E-state index is 12.1. The largest absolute Gasteiger partial charge is 0.463 e. The highest BCUT2D eigenvalue weighted by Crippen LogP contribution is 2.19. The normalized spacial score (nSPS) is 15.6. The van der Waals surface area contributed by atoms with Gasteiger partial charge in [-0.2, -0.15) is 0 Å². The summed E-state index contributed by atoms with van der Waals surface area (Å²) in [5.41, 5.74) is 1.33. The van der Waals surface area contributed by atoms with Crippen LogP contribution in [0.15, 0.2) is 52.1 Å². The molecule has 0 unspecified atom stereocenters. The van der Waals surface area contributed by atoms with E-state index in [0.29, 0.717) is 42.7 Å². The number of nitrogens with zero attached hydrogens (tertiary/aromatic N) is 3. The van der Waals surface area contributed by atoms with Crippen LogP contribution in [0.2, 0.25) is 5.02 Å². The molecule has 0 amide bonds. The van der Waals surface area contributed by atoms with Gasteiger partial charge in [0.15, 0.2) is 10.8 Å². The number of ether oxygens (including phenoxy) is 1. The third-order valence-electron chi connectivity index (χ3n) is 4.53. The highest BCUT2D eigenvalue weighted by atomic mass is 35.5. The fourth-order valence-corrected chi connectivity index (χ4v) is 3.80. The van der Waals surface area contributed by atoms with Crippen LogP contribution in [-0.4, -0.2) is 73.0 Å². The number of benzene rings is 1. The third-order valence-corrected chi connectivity index (χ3v) is 5.55. The number of esters is 1. The molecule has 2 aliphatic rings. The number of carbonyl (C=O) groups is 2. The molecule has 1 aromatic carbocycles. The molecule has 1 fully saturated rings. The third kappa shape index (κ3) is 8.01. The van der Waals surface area contributed by atoms with Crippen LogP contribution < -0.4 is 5.32 Å². The van der Waals surface area contributed by atoms with Crippen LogP contribution in [0.3, 0.4) is 0 Å². The van der Waals surface area contributed by atoms with E-state index in [1.807, 2.05) is 5.38 Å². The van der Waals surface area contributed by atoms with Crippen molar-refractivity contribution in [1.29, 1.82) is 0 Å². The fraction of sp³-hybridized carbons (Fsp3) is 0.364. The Labute approximate surface area is 200 Å². The molecule has 4 rings (SSSR count). The number of thiazole rings is 1. The van der Waals surface area contributed by atoms with Crippen LogP contribution in [0.4, 0.5) is 4.39 Å². The van der Waals surface area contributed by atoms with Crippen LogP contribution in [0, 0.1) is 11.7 Å². The number of hydrogen-bond acceptors (Lipinski definition) is 9. The number of halogens is 2. The quantitative estimate of drug-likeness (QED) is 0.467. The van der Waals surface area contributed by atoms with Crippen LogP contribution in [-0.2, 0) is 14.3 Å². The van der Waals surface area contributed by atoms with Crippen molar-refractivity contribution in [1.82, 2.24) is 15.2 Å². The lowest BCUT2D eigenvalue weighted by Gasteiger charge is -2.37. The number of aldehydes is 1. The lowest BCUT2D eigenvalue weighted by Crippen LogP contribution is -2.50. The number of rotatable bonds is 6. The van der Waals surface area contributed by atoms with E-state index < -0.39 is 0 Å². The summed E-state index contributed by atoms with van der Waals surface area (Å²) in [4.78, 5) is 33.6. The van der Waals surface area contributed by atoms with Gasteiger partial charge in [-0.25, -0.2) is 14.2 Å². The van der Waals surface area contributed by atoms with Crippen molar-refractivity contribution in [2.24, 2.45) is 10.9 Å².